The van der Waals surface area contributed by atoms with Gasteiger partial charge in [-0.05, 0) is 30.7 Å². The zero-order valence-corrected chi connectivity index (χ0v) is 10.8. The molecule has 5 heteroatoms. The van der Waals surface area contributed by atoms with Gasteiger partial charge in [0, 0.05) is 12.1 Å². The summed E-state index contributed by atoms with van der Waals surface area (Å²) in [5.74, 6) is -1.91. The summed E-state index contributed by atoms with van der Waals surface area (Å²) in [7, 11) is 0. The zero-order valence-electron chi connectivity index (χ0n) is 10.1. The fourth-order valence-corrected chi connectivity index (χ4v) is 2.00. The molecule has 0 aliphatic rings. The van der Waals surface area contributed by atoms with E-state index in [9.17, 15) is 13.2 Å². The Kier molecular flexibility index (Phi) is 4.00. The van der Waals surface area contributed by atoms with Gasteiger partial charge >= 0.3 is 0 Å². The van der Waals surface area contributed by atoms with Gasteiger partial charge in [0.2, 0.25) is 0 Å². The van der Waals surface area contributed by atoms with E-state index in [1.54, 1.807) is 19.1 Å². The fourth-order valence-electron chi connectivity index (χ4n) is 1.76. The molecule has 1 N–H and O–H groups in total. The molecule has 0 aliphatic heterocycles. The maximum atomic E-state index is 13.6. The molecule has 0 aromatic heterocycles. The van der Waals surface area contributed by atoms with E-state index in [4.69, 9.17) is 11.6 Å². The van der Waals surface area contributed by atoms with Crippen LogP contribution in [0.2, 0.25) is 5.02 Å². The molecule has 0 radical (unpaired) electrons. The van der Waals surface area contributed by atoms with Gasteiger partial charge in [0.1, 0.15) is 11.6 Å². The lowest BCUT2D eigenvalue weighted by Crippen LogP contribution is -2.09. The van der Waals surface area contributed by atoms with Gasteiger partial charge in [-0.25, -0.2) is 13.2 Å². The van der Waals surface area contributed by atoms with Gasteiger partial charge < -0.3 is 5.32 Å². The van der Waals surface area contributed by atoms with E-state index < -0.39 is 11.6 Å². The number of benzene rings is 2. The molecule has 2 rings (SSSR count). The first-order chi connectivity index (χ1) is 8.97. The maximum Gasteiger partial charge on any atom is 0.150 e. The van der Waals surface area contributed by atoms with Crippen molar-refractivity contribution >= 4 is 17.3 Å². The number of hydrogen-bond donors (Lipinski definition) is 1. The van der Waals surface area contributed by atoms with Crippen LogP contribution in [0.4, 0.5) is 18.9 Å². The Morgan fingerprint density at radius 3 is 2.42 bits per heavy atom. The lowest BCUT2D eigenvalue weighted by molar-refractivity contribution is 0.584. The van der Waals surface area contributed by atoms with Crippen molar-refractivity contribution in [2.75, 3.05) is 5.32 Å². The molecule has 0 saturated carbocycles. The van der Waals surface area contributed by atoms with E-state index >= 15 is 0 Å². The third kappa shape index (κ3) is 3.20. The van der Waals surface area contributed by atoms with Crippen LogP contribution in [0.3, 0.4) is 0 Å². The third-order valence-electron chi connectivity index (χ3n) is 2.72. The Bertz CT molecular complexity index is 578. The highest BCUT2D eigenvalue weighted by atomic mass is 35.5. The Balaban J connectivity index is 2.26. The van der Waals surface area contributed by atoms with E-state index in [2.05, 4.69) is 5.32 Å². The lowest BCUT2D eigenvalue weighted by atomic mass is 10.1. The molecule has 0 spiro atoms. The predicted molar refractivity (Wildman–Crippen MR) is 69.8 cm³/mol. The van der Waals surface area contributed by atoms with Crippen LogP contribution in [0.5, 0.6) is 0 Å². The SMILES string of the molecule is CC(Nc1c(F)cc(F)cc1Cl)c1cccc(F)c1. The molecule has 1 unspecified atom stereocenters. The molecule has 19 heavy (non-hydrogen) atoms. The fraction of sp³-hybridized carbons (Fsp3) is 0.143. The van der Waals surface area contributed by atoms with E-state index in [1.807, 2.05) is 0 Å². The molecule has 0 fully saturated rings. The number of nitrogens with one attached hydrogen (secondary N) is 1. The molecule has 1 nitrogen and oxygen atoms in total. The van der Waals surface area contributed by atoms with Crippen LogP contribution in [0, 0.1) is 17.5 Å². The largest absolute Gasteiger partial charge is 0.375 e. The summed E-state index contributed by atoms with van der Waals surface area (Å²) >= 11 is 5.78. The highest BCUT2D eigenvalue weighted by molar-refractivity contribution is 6.33. The molecule has 0 aliphatic carbocycles. The van der Waals surface area contributed by atoms with Gasteiger partial charge in [0.05, 0.1) is 10.7 Å². The summed E-state index contributed by atoms with van der Waals surface area (Å²) in [6.07, 6.45) is 0. The van der Waals surface area contributed by atoms with Gasteiger partial charge in [0.15, 0.2) is 5.82 Å². The summed E-state index contributed by atoms with van der Waals surface area (Å²) in [5, 5.41) is 2.75. The first kappa shape index (κ1) is 13.7. The van der Waals surface area contributed by atoms with Gasteiger partial charge in [-0.3, -0.25) is 0 Å². The van der Waals surface area contributed by atoms with Crippen molar-refractivity contribution in [1.29, 1.82) is 0 Å². The summed E-state index contributed by atoms with van der Waals surface area (Å²) in [5.41, 5.74) is 0.639. The summed E-state index contributed by atoms with van der Waals surface area (Å²) in [6, 6.07) is 7.32. The minimum absolute atomic E-state index is 0.000159. The molecule has 0 amide bonds. The first-order valence-electron chi connectivity index (χ1n) is 5.64. The second-order valence-electron chi connectivity index (χ2n) is 4.17. The van der Waals surface area contributed by atoms with Crippen molar-refractivity contribution in [2.24, 2.45) is 0 Å². The molecule has 2 aromatic rings. The quantitative estimate of drug-likeness (QED) is 0.843. The van der Waals surface area contributed by atoms with Crippen LogP contribution in [-0.2, 0) is 0 Å². The highest BCUT2D eigenvalue weighted by Crippen LogP contribution is 2.30. The minimum atomic E-state index is -0.784. The Labute approximate surface area is 114 Å². The Morgan fingerprint density at radius 1 is 1.05 bits per heavy atom. The summed E-state index contributed by atoms with van der Waals surface area (Å²) in [6.45, 7) is 1.73. The summed E-state index contributed by atoms with van der Waals surface area (Å²) < 4.78 is 39.6. The second kappa shape index (κ2) is 5.53. The molecular formula is C14H11ClF3N. The van der Waals surface area contributed by atoms with Crippen molar-refractivity contribution < 1.29 is 13.2 Å². The molecule has 0 heterocycles. The van der Waals surface area contributed by atoms with Crippen LogP contribution in [0.15, 0.2) is 36.4 Å². The number of hydrogen-bond acceptors (Lipinski definition) is 1. The van der Waals surface area contributed by atoms with E-state index in [0.717, 1.165) is 12.1 Å². The third-order valence-corrected chi connectivity index (χ3v) is 3.01. The van der Waals surface area contributed by atoms with Gasteiger partial charge in [-0.1, -0.05) is 23.7 Å². The average Bonchev–Trinajstić information content (AvgIpc) is 2.33. The average molecular weight is 286 g/mol. The van der Waals surface area contributed by atoms with Crippen molar-refractivity contribution in [3.8, 4) is 0 Å². The Hall–Kier alpha value is -1.68. The topological polar surface area (TPSA) is 12.0 Å². The minimum Gasteiger partial charge on any atom is -0.375 e. The van der Waals surface area contributed by atoms with Crippen molar-refractivity contribution in [2.45, 2.75) is 13.0 Å². The van der Waals surface area contributed by atoms with Crippen molar-refractivity contribution in [3.05, 3.63) is 64.4 Å². The molecule has 1 atom stereocenters. The van der Waals surface area contributed by atoms with Crippen LogP contribution >= 0.6 is 11.6 Å². The first-order valence-corrected chi connectivity index (χ1v) is 6.01. The van der Waals surface area contributed by atoms with E-state index in [1.165, 1.54) is 12.1 Å². The normalized spacial score (nSPS) is 12.3. The van der Waals surface area contributed by atoms with Gasteiger partial charge in [-0.2, -0.15) is 0 Å². The standard InChI is InChI=1S/C14H11ClF3N/c1-8(9-3-2-4-10(16)5-9)19-14-12(15)6-11(17)7-13(14)18/h2-8,19H,1H3. The molecule has 100 valence electrons. The van der Waals surface area contributed by atoms with Crippen molar-refractivity contribution in [1.82, 2.24) is 0 Å². The van der Waals surface area contributed by atoms with Gasteiger partial charge in [-0.15, -0.1) is 0 Å². The maximum absolute atomic E-state index is 13.6. The van der Waals surface area contributed by atoms with E-state index in [-0.39, 0.29) is 22.6 Å². The smallest absolute Gasteiger partial charge is 0.150 e. The zero-order chi connectivity index (χ0) is 14.0. The molecule has 0 bridgehead atoms. The van der Waals surface area contributed by atoms with Crippen LogP contribution in [0.1, 0.15) is 18.5 Å². The van der Waals surface area contributed by atoms with E-state index in [0.29, 0.717) is 5.56 Å². The monoisotopic (exact) mass is 285 g/mol. The molecular weight excluding hydrogens is 275 g/mol. The number of anilines is 1. The summed E-state index contributed by atoms with van der Waals surface area (Å²) in [4.78, 5) is 0. The molecule has 2 aromatic carbocycles. The second-order valence-corrected chi connectivity index (χ2v) is 4.57. The lowest BCUT2D eigenvalue weighted by Gasteiger charge is -2.17. The highest BCUT2D eigenvalue weighted by Gasteiger charge is 2.13. The molecule has 0 saturated heterocycles. The number of halogens is 4. The number of rotatable bonds is 3. The van der Waals surface area contributed by atoms with Gasteiger partial charge in [0.25, 0.3) is 0 Å². The Morgan fingerprint density at radius 2 is 1.79 bits per heavy atom. The van der Waals surface area contributed by atoms with Crippen LogP contribution in [0.25, 0.3) is 0 Å². The predicted octanol–water partition coefficient (Wildman–Crippen LogP) is 4.93. The van der Waals surface area contributed by atoms with Crippen LogP contribution in [-0.4, -0.2) is 0 Å². The van der Waals surface area contributed by atoms with Crippen LogP contribution < -0.4 is 5.32 Å². The van der Waals surface area contributed by atoms with Crippen molar-refractivity contribution in [3.63, 3.8) is 0 Å².